The van der Waals surface area contributed by atoms with Crippen LogP contribution in [0, 0.1) is 0 Å². The van der Waals surface area contributed by atoms with Crippen molar-refractivity contribution in [2.45, 2.75) is 38.5 Å². The maximum atomic E-state index is 13.8. The highest BCUT2D eigenvalue weighted by Gasteiger charge is 2.22. The Morgan fingerprint density at radius 1 is 0.971 bits per heavy atom. The summed E-state index contributed by atoms with van der Waals surface area (Å²) in [5.41, 5.74) is 3.88. The Labute approximate surface area is 205 Å². The van der Waals surface area contributed by atoms with Crippen LogP contribution < -0.4 is 0 Å². The molecule has 2 heterocycles. The summed E-state index contributed by atoms with van der Waals surface area (Å²) in [4.78, 5) is 17.3. The number of aromatic hydroxyl groups is 1. The Morgan fingerprint density at radius 2 is 1.79 bits per heavy atom. The van der Waals surface area contributed by atoms with Gasteiger partial charge >= 0.3 is 0 Å². The number of piperidine rings is 1. The highest BCUT2D eigenvalue weighted by molar-refractivity contribution is 7.20. The minimum Gasteiger partial charge on any atom is -0.508 e. The molecule has 3 aromatic rings. The number of phenols is 1. The van der Waals surface area contributed by atoms with Gasteiger partial charge in [0.25, 0.3) is 0 Å². The van der Waals surface area contributed by atoms with Crippen molar-refractivity contribution in [1.82, 2.24) is 4.90 Å². The van der Waals surface area contributed by atoms with Crippen LogP contribution in [0.2, 0.25) is 0 Å². The lowest BCUT2D eigenvalue weighted by molar-refractivity contribution is 0.104. The molecule has 1 aliphatic carbocycles. The number of likely N-dealkylation sites (tertiary alicyclic amines) is 1. The van der Waals surface area contributed by atoms with E-state index in [0.29, 0.717) is 5.56 Å². The van der Waals surface area contributed by atoms with Gasteiger partial charge in [0.1, 0.15) is 5.75 Å². The highest BCUT2D eigenvalue weighted by Crippen LogP contribution is 2.40. The quantitative estimate of drug-likeness (QED) is 0.373. The van der Waals surface area contributed by atoms with Crippen LogP contribution in [-0.4, -0.2) is 35.4 Å². The molecule has 0 amide bonds. The molecule has 1 fully saturated rings. The van der Waals surface area contributed by atoms with Gasteiger partial charge in [-0.15, -0.1) is 11.3 Å². The lowest BCUT2D eigenvalue weighted by Gasteiger charge is -2.26. The summed E-state index contributed by atoms with van der Waals surface area (Å²) in [7, 11) is 0. The van der Waals surface area contributed by atoms with E-state index < -0.39 is 0 Å². The smallest absolute Gasteiger partial charge is 0.195 e. The second kappa shape index (κ2) is 10.5. The molecule has 4 heteroatoms. The second-order valence-electron chi connectivity index (χ2n) is 9.23. The van der Waals surface area contributed by atoms with Crippen molar-refractivity contribution < 1.29 is 9.90 Å². The van der Waals surface area contributed by atoms with E-state index in [1.165, 1.54) is 37.9 Å². The van der Waals surface area contributed by atoms with Gasteiger partial charge in [-0.25, -0.2) is 0 Å². The van der Waals surface area contributed by atoms with E-state index >= 15 is 0 Å². The number of phenolic OH excluding ortho intramolecular Hbond substituents is 1. The molecule has 1 saturated heterocycles. The first-order valence-corrected chi connectivity index (χ1v) is 13.1. The van der Waals surface area contributed by atoms with Gasteiger partial charge in [-0.1, -0.05) is 61.1 Å². The van der Waals surface area contributed by atoms with Crippen LogP contribution in [0.5, 0.6) is 5.75 Å². The van der Waals surface area contributed by atoms with Gasteiger partial charge in [-0.05, 0) is 81.1 Å². The number of allylic oxidation sites excluding steroid dienone is 6. The molecule has 0 bridgehead atoms. The van der Waals surface area contributed by atoms with E-state index in [0.717, 1.165) is 51.9 Å². The fourth-order valence-corrected chi connectivity index (χ4v) is 6.21. The standard InChI is InChI=1S/C30H31NO2S/c32-25-16-17-26-27(21-25)34-30(24-10-4-1-2-5-11-24)28(26)29(33)23-14-12-22(13-15-23)9-8-20-31-18-6-3-7-19-31/h1-2,4-5,10,12-17,21,32H,3,6-9,11,18-20H2. The number of ketones is 1. The Bertz CT molecular complexity index is 1260. The van der Waals surface area contributed by atoms with Crippen molar-refractivity contribution in [3.8, 4) is 5.75 Å². The van der Waals surface area contributed by atoms with E-state index in [1.54, 1.807) is 23.5 Å². The molecule has 0 radical (unpaired) electrons. The average molecular weight is 470 g/mol. The predicted molar refractivity (Wildman–Crippen MR) is 143 cm³/mol. The van der Waals surface area contributed by atoms with Crippen LogP contribution in [0.25, 0.3) is 15.7 Å². The number of benzene rings is 2. The van der Waals surface area contributed by atoms with Gasteiger partial charge in [-0.3, -0.25) is 4.79 Å². The van der Waals surface area contributed by atoms with Crippen LogP contribution in [0.1, 0.15) is 58.5 Å². The normalized spacial score (nSPS) is 16.5. The van der Waals surface area contributed by atoms with Gasteiger partial charge in [-0.2, -0.15) is 0 Å². The zero-order valence-electron chi connectivity index (χ0n) is 19.5. The molecule has 0 unspecified atom stereocenters. The van der Waals surface area contributed by atoms with Gasteiger partial charge in [0.2, 0.25) is 0 Å². The van der Waals surface area contributed by atoms with Crippen LogP contribution >= 0.6 is 11.3 Å². The third-order valence-corrected chi connectivity index (χ3v) is 8.02. The third kappa shape index (κ3) is 5.08. The third-order valence-electron chi connectivity index (χ3n) is 6.79. The van der Waals surface area contributed by atoms with E-state index in [-0.39, 0.29) is 11.5 Å². The number of fused-ring (bicyclic) bond motifs is 1. The molecule has 2 aliphatic rings. The number of carbonyl (C=O) groups is 1. The fourth-order valence-electron chi connectivity index (χ4n) is 4.94. The zero-order valence-corrected chi connectivity index (χ0v) is 20.3. The molecule has 34 heavy (non-hydrogen) atoms. The lowest BCUT2D eigenvalue weighted by Crippen LogP contribution is -2.30. The van der Waals surface area contributed by atoms with E-state index in [1.807, 2.05) is 36.4 Å². The summed E-state index contributed by atoms with van der Waals surface area (Å²) >= 11 is 1.58. The Morgan fingerprint density at radius 3 is 2.62 bits per heavy atom. The molecule has 1 N–H and O–H groups in total. The van der Waals surface area contributed by atoms with Gasteiger partial charge in [0.05, 0.1) is 0 Å². The summed E-state index contributed by atoms with van der Waals surface area (Å²) in [6.45, 7) is 3.64. The van der Waals surface area contributed by atoms with Crippen molar-refractivity contribution in [1.29, 1.82) is 0 Å². The summed E-state index contributed by atoms with van der Waals surface area (Å²) in [5.74, 6) is 0.271. The minimum atomic E-state index is 0.0462. The van der Waals surface area contributed by atoms with Crippen molar-refractivity contribution in [2.75, 3.05) is 19.6 Å². The SMILES string of the molecule is O=C(c1ccc(CCCN2CCCCC2)cc1)c1c(C2=CC=CC=CC2)sc2cc(O)ccc12. The van der Waals surface area contributed by atoms with Gasteiger partial charge < -0.3 is 10.0 Å². The number of rotatable bonds is 7. The number of hydrogen-bond donors (Lipinski definition) is 1. The summed E-state index contributed by atoms with van der Waals surface area (Å²) in [6, 6.07) is 13.5. The molecule has 1 aliphatic heterocycles. The van der Waals surface area contributed by atoms with Crippen LogP contribution in [0.4, 0.5) is 0 Å². The van der Waals surface area contributed by atoms with Crippen LogP contribution in [-0.2, 0) is 6.42 Å². The first-order valence-electron chi connectivity index (χ1n) is 12.3. The largest absolute Gasteiger partial charge is 0.508 e. The molecular formula is C30H31NO2S. The Hall–Kier alpha value is -2.95. The molecular weight excluding hydrogens is 438 g/mol. The van der Waals surface area contributed by atoms with E-state index in [4.69, 9.17) is 0 Å². The lowest BCUT2D eigenvalue weighted by atomic mass is 9.95. The monoisotopic (exact) mass is 469 g/mol. The number of thiophene rings is 1. The van der Waals surface area contributed by atoms with Crippen molar-refractivity contribution in [2.24, 2.45) is 0 Å². The topological polar surface area (TPSA) is 40.5 Å². The van der Waals surface area contributed by atoms with Crippen LogP contribution in [0.3, 0.4) is 0 Å². The number of aryl methyl sites for hydroxylation is 1. The number of nitrogens with zero attached hydrogens (tertiary/aromatic N) is 1. The first kappa shape index (κ1) is 22.8. The molecule has 3 nitrogen and oxygen atoms in total. The fraction of sp³-hybridized carbons (Fsp3) is 0.300. The molecule has 174 valence electrons. The number of carbonyl (C=O) groups excluding carboxylic acids is 1. The molecule has 0 atom stereocenters. The van der Waals surface area contributed by atoms with Gasteiger partial charge in [0, 0.05) is 26.1 Å². The van der Waals surface area contributed by atoms with Crippen molar-refractivity contribution >= 4 is 32.8 Å². The Kier molecular flexibility index (Phi) is 7.08. The molecule has 1 aromatic heterocycles. The summed E-state index contributed by atoms with van der Waals surface area (Å²) in [6.07, 6.45) is 17.3. The van der Waals surface area contributed by atoms with Crippen molar-refractivity contribution in [3.63, 3.8) is 0 Å². The van der Waals surface area contributed by atoms with Crippen LogP contribution in [0.15, 0.2) is 72.8 Å². The number of hydrogen-bond acceptors (Lipinski definition) is 4. The molecule has 0 saturated carbocycles. The van der Waals surface area contributed by atoms with Gasteiger partial charge in [0.15, 0.2) is 5.78 Å². The average Bonchev–Trinajstić information content (AvgIpc) is 3.03. The maximum absolute atomic E-state index is 13.8. The van der Waals surface area contributed by atoms with E-state index in [2.05, 4.69) is 29.2 Å². The maximum Gasteiger partial charge on any atom is 0.195 e. The van der Waals surface area contributed by atoms with E-state index in [9.17, 15) is 9.90 Å². The molecule has 0 spiro atoms. The molecule has 5 rings (SSSR count). The zero-order chi connectivity index (χ0) is 23.3. The Balaban J connectivity index is 1.38. The molecule has 2 aromatic carbocycles. The summed E-state index contributed by atoms with van der Waals surface area (Å²) in [5, 5.41) is 10.9. The predicted octanol–water partition coefficient (Wildman–Crippen LogP) is 7.16. The van der Waals surface area contributed by atoms with Crippen molar-refractivity contribution in [3.05, 3.63) is 94.4 Å². The highest BCUT2D eigenvalue weighted by atomic mass is 32.1. The minimum absolute atomic E-state index is 0.0462. The summed E-state index contributed by atoms with van der Waals surface area (Å²) < 4.78 is 0.936. The second-order valence-corrected chi connectivity index (χ2v) is 10.3. The first-order chi connectivity index (χ1) is 16.7.